The van der Waals surface area contributed by atoms with Crippen molar-refractivity contribution in [3.63, 3.8) is 0 Å². The normalized spacial score (nSPS) is 68.9. The minimum atomic E-state index is -1.66. The van der Waals surface area contributed by atoms with Gasteiger partial charge in [0.15, 0.2) is 0 Å². The van der Waals surface area contributed by atoms with Crippen LogP contribution in [0.4, 0.5) is 0 Å². The number of rotatable bonds is 3. The van der Waals surface area contributed by atoms with E-state index < -0.39 is 44.2 Å². The van der Waals surface area contributed by atoms with Gasteiger partial charge in [0, 0.05) is 44.4 Å². The van der Waals surface area contributed by atoms with Crippen LogP contribution in [0.5, 0.6) is 0 Å². The van der Waals surface area contributed by atoms with Gasteiger partial charge < -0.3 is 0 Å². The third kappa shape index (κ3) is 0.527. The summed E-state index contributed by atoms with van der Waals surface area (Å²) in [6, 6.07) is 0. The third-order valence-corrected chi connectivity index (χ3v) is 8.57. The molecule has 0 unspecified atom stereocenters. The van der Waals surface area contributed by atoms with E-state index in [-0.39, 0.29) is 28.6 Å². The molecular formula is C12H11N3O6. The van der Waals surface area contributed by atoms with Gasteiger partial charge in [0.1, 0.15) is 5.92 Å². The van der Waals surface area contributed by atoms with Gasteiger partial charge >= 0.3 is 5.54 Å². The summed E-state index contributed by atoms with van der Waals surface area (Å²) in [4.78, 5) is 34.5. The second kappa shape index (κ2) is 2.32. The summed E-state index contributed by atoms with van der Waals surface area (Å²) in [5.41, 5.74) is -4.38. The molecule has 7 aliphatic carbocycles. The molecule has 7 fully saturated rings. The molecule has 0 spiro atoms. The summed E-state index contributed by atoms with van der Waals surface area (Å²) >= 11 is 0. The summed E-state index contributed by atoms with van der Waals surface area (Å²) in [6.07, 6.45) is 0.768. The molecule has 0 aliphatic heterocycles. The highest BCUT2D eigenvalue weighted by atomic mass is 16.7. The van der Waals surface area contributed by atoms with E-state index in [9.17, 15) is 30.3 Å². The molecule has 7 aliphatic rings. The van der Waals surface area contributed by atoms with Crippen LogP contribution in [-0.4, -0.2) is 31.4 Å². The molecule has 0 aromatic rings. The predicted molar refractivity (Wildman–Crippen MR) is 62.8 cm³/mol. The van der Waals surface area contributed by atoms with Gasteiger partial charge in [0.05, 0.1) is 0 Å². The molecule has 0 saturated heterocycles. The van der Waals surface area contributed by atoms with Crippen molar-refractivity contribution < 1.29 is 14.8 Å². The number of hydrogen-bond acceptors (Lipinski definition) is 6. The predicted octanol–water partition coefficient (Wildman–Crippen LogP) is 0.208. The van der Waals surface area contributed by atoms with Crippen LogP contribution in [-0.2, 0) is 0 Å². The second-order valence-corrected chi connectivity index (χ2v) is 7.78. The Morgan fingerprint density at radius 1 is 0.762 bits per heavy atom. The van der Waals surface area contributed by atoms with Crippen LogP contribution in [0.3, 0.4) is 0 Å². The van der Waals surface area contributed by atoms with Crippen molar-refractivity contribution in [2.24, 2.45) is 41.4 Å². The summed E-state index contributed by atoms with van der Waals surface area (Å²) in [5.74, 6) is -2.50. The fourth-order valence-electron chi connectivity index (χ4n) is 9.07. The molecular weight excluding hydrogens is 282 g/mol. The zero-order chi connectivity index (χ0) is 14.7. The minimum absolute atomic E-state index is 0.00336. The van der Waals surface area contributed by atoms with Gasteiger partial charge in [-0.2, -0.15) is 0 Å². The van der Waals surface area contributed by atoms with Gasteiger partial charge in [0.2, 0.25) is 5.54 Å². The summed E-state index contributed by atoms with van der Waals surface area (Å²) in [6.45, 7) is 0. The monoisotopic (exact) mass is 293 g/mol. The van der Waals surface area contributed by atoms with Crippen LogP contribution in [0, 0.1) is 71.8 Å². The zero-order valence-electron chi connectivity index (χ0n) is 10.7. The Balaban J connectivity index is 1.77. The van der Waals surface area contributed by atoms with Gasteiger partial charge in [-0.3, -0.25) is 30.3 Å². The van der Waals surface area contributed by atoms with Crippen molar-refractivity contribution in [3.05, 3.63) is 30.3 Å². The van der Waals surface area contributed by atoms with E-state index in [1.807, 2.05) is 0 Å². The Kier molecular flexibility index (Phi) is 1.20. The molecule has 4 bridgehead atoms. The molecule has 7 rings (SSSR count). The summed E-state index contributed by atoms with van der Waals surface area (Å²) in [5, 5.41) is 35.7. The molecule has 21 heavy (non-hydrogen) atoms. The maximum atomic E-state index is 12.0. The molecule has 110 valence electrons. The number of nitrogens with zero attached hydrogens (tertiary/aromatic N) is 3. The van der Waals surface area contributed by atoms with Crippen LogP contribution < -0.4 is 0 Å². The first kappa shape index (κ1) is 10.9. The van der Waals surface area contributed by atoms with E-state index in [1.54, 1.807) is 0 Å². The lowest BCUT2D eigenvalue weighted by Crippen LogP contribution is -2.68. The Bertz CT molecular complexity index is 696. The fraction of sp³-hybridized carbons (Fsp3) is 1.00. The van der Waals surface area contributed by atoms with E-state index in [1.165, 1.54) is 0 Å². The lowest BCUT2D eigenvalue weighted by molar-refractivity contribution is -0.700. The average molecular weight is 293 g/mol. The molecule has 0 heterocycles. The first-order valence-corrected chi connectivity index (χ1v) is 7.34. The van der Waals surface area contributed by atoms with Crippen LogP contribution in [0.15, 0.2) is 0 Å². The highest BCUT2D eigenvalue weighted by Crippen LogP contribution is 2.95. The van der Waals surface area contributed by atoms with Gasteiger partial charge in [-0.25, -0.2) is 0 Å². The molecule has 0 N–H and O–H groups in total. The first-order valence-electron chi connectivity index (χ1n) is 7.34. The van der Waals surface area contributed by atoms with Crippen LogP contribution in [0.1, 0.15) is 12.8 Å². The van der Waals surface area contributed by atoms with E-state index in [0.29, 0.717) is 12.8 Å². The van der Waals surface area contributed by atoms with Gasteiger partial charge in [-0.15, -0.1) is 0 Å². The Hall–Kier alpha value is -1.80. The van der Waals surface area contributed by atoms with E-state index in [4.69, 9.17) is 0 Å². The van der Waals surface area contributed by atoms with Gasteiger partial charge in [-0.05, 0) is 18.8 Å². The molecule has 0 aromatic heterocycles. The number of hydrogen-bond donors (Lipinski definition) is 0. The second-order valence-electron chi connectivity index (χ2n) is 7.78. The number of nitro groups is 3. The lowest BCUT2D eigenvalue weighted by Gasteiger charge is -2.46. The summed E-state index contributed by atoms with van der Waals surface area (Å²) < 4.78 is 0. The standard InChI is InChI=1S/C12H11N3O6/c16-13(17)10-6-2-5-9(10)7-3-1-4(8(7)10)12(6,15(20)21)11(3,5)14(18)19/h3-9H,1-2H2/t3-,4+,5+,6-,7-,8+,9-,10-,11+,12-/m0/s1. The van der Waals surface area contributed by atoms with Crippen molar-refractivity contribution in [1.82, 2.24) is 0 Å². The molecule has 10 atom stereocenters. The van der Waals surface area contributed by atoms with Crippen LogP contribution in [0.2, 0.25) is 0 Å². The molecule has 0 aromatic carbocycles. The van der Waals surface area contributed by atoms with Crippen LogP contribution >= 0.6 is 0 Å². The maximum Gasteiger partial charge on any atom is 0.304 e. The lowest BCUT2D eigenvalue weighted by atomic mass is 9.54. The van der Waals surface area contributed by atoms with E-state index >= 15 is 0 Å². The SMILES string of the molecule is O=[N+]([O-])[C@]12[C@@H]3[C@@H]4[C@H]1[C@H]1C[C@@H]4[C@@]4([N+](=O)[O-])[C@@H]3C[C@@H]2[C@@]14[N+](=O)[O-]. The molecule has 9 heteroatoms. The zero-order valence-corrected chi connectivity index (χ0v) is 10.7. The minimum Gasteiger partial charge on any atom is -0.264 e. The Labute approximate surface area is 117 Å². The average Bonchev–Trinajstić information content (AvgIpc) is 2.97. The highest BCUT2D eigenvalue weighted by molar-refractivity contribution is 5.50. The fourth-order valence-corrected chi connectivity index (χ4v) is 9.07. The van der Waals surface area contributed by atoms with Crippen molar-refractivity contribution in [2.45, 2.75) is 29.5 Å². The maximum absolute atomic E-state index is 12.0. The molecule has 9 nitrogen and oxygen atoms in total. The first-order chi connectivity index (χ1) is 9.90. The largest absolute Gasteiger partial charge is 0.304 e. The van der Waals surface area contributed by atoms with Crippen molar-refractivity contribution in [2.75, 3.05) is 0 Å². The quantitative estimate of drug-likeness (QED) is 0.540. The molecule has 0 amide bonds. The molecule has 7 saturated carbocycles. The van der Waals surface area contributed by atoms with Gasteiger partial charge in [0.25, 0.3) is 5.54 Å². The third-order valence-electron chi connectivity index (χ3n) is 8.57. The summed E-state index contributed by atoms with van der Waals surface area (Å²) in [7, 11) is 0. The smallest absolute Gasteiger partial charge is 0.264 e. The topological polar surface area (TPSA) is 129 Å². The van der Waals surface area contributed by atoms with Crippen molar-refractivity contribution in [3.8, 4) is 0 Å². The van der Waals surface area contributed by atoms with E-state index in [2.05, 4.69) is 0 Å². The Morgan fingerprint density at radius 3 is 1.86 bits per heavy atom. The van der Waals surface area contributed by atoms with Crippen molar-refractivity contribution >= 4 is 0 Å². The van der Waals surface area contributed by atoms with E-state index in [0.717, 1.165) is 0 Å². The highest BCUT2D eigenvalue weighted by Gasteiger charge is 3.15. The van der Waals surface area contributed by atoms with Gasteiger partial charge in [-0.1, -0.05) is 0 Å². The Morgan fingerprint density at radius 2 is 1.33 bits per heavy atom. The van der Waals surface area contributed by atoms with Crippen molar-refractivity contribution in [1.29, 1.82) is 0 Å². The van der Waals surface area contributed by atoms with Crippen LogP contribution in [0.25, 0.3) is 0 Å². The molecule has 0 radical (unpaired) electrons.